The van der Waals surface area contributed by atoms with Gasteiger partial charge in [-0.25, -0.2) is 4.39 Å². The number of benzene rings is 1. The van der Waals surface area contributed by atoms with Crippen molar-refractivity contribution in [1.29, 1.82) is 0 Å². The first kappa shape index (κ1) is 17.6. The fourth-order valence-electron chi connectivity index (χ4n) is 4.46. The highest BCUT2D eigenvalue weighted by molar-refractivity contribution is 5.85. The van der Waals surface area contributed by atoms with Gasteiger partial charge in [0.2, 0.25) is 0 Å². The molecule has 146 valence electrons. The average Bonchev–Trinajstić information content (AvgIpc) is 3.31. The highest BCUT2D eigenvalue weighted by Gasteiger charge is 2.43. The second kappa shape index (κ2) is 7.18. The van der Waals surface area contributed by atoms with Crippen molar-refractivity contribution in [2.75, 3.05) is 19.7 Å². The van der Waals surface area contributed by atoms with E-state index in [-0.39, 0.29) is 18.0 Å². The number of furan rings is 1. The van der Waals surface area contributed by atoms with Crippen molar-refractivity contribution in [1.82, 2.24) is 9.91 Å². The fourth-order valence-corrected chi connectivity index (χ4v) is 4.46. The zero-order chi connectivity index (χ0) is 19.1. The molecule has 0 aliphatic carbocycles. The van der Waals surface area contributed by atoms with Crippen LogP contribution in [-0.2, 0) is 11.3 Å². The normalized spacial score (nSPS) is 25.4. The summed E-state index contributed by atoms with van der Waals surface area (Å²) in [5.41, 5.74) is 5.70. The van der Waals surface area contributed by atoms with E-state index in [2.05, 4.69) is 16.8 Å². The molecule has 5 rings (SSSR count). The Morgan fingerprint density at radius 3 is 2.79 bits per heavy atom. The summed E-state index contributed by atoms with van der Waals surface area (Å²) in [6, 6.07) is 8.99. The van der Waals surface area contributed by atoms with Crippen LogP contribution in [0.3, 0.4) is 0 Å². The lowest BCUT2D eigenvalue weighted by molar-refractivity contribution is -0.0163. The van der Waals surface area contributed by atoms with Gasteiger partial charge in [0, 0.05) is 30.9 Å². The van der Waals surface area contributed by atoms with Crippen LogP contribution in [0.15, 0.2) is 58.1 Å². The number of morpholine rings is 1. The van der Waals surface area contributed by atoms with E-state index in [1.807, 2.05) is 18.2 Å². The van der Waals surface area contributed by atoms with E-state index in [4.69, 9.17) is 14.3 Å². The molecule has 3 aliphatic heterocycles. The third-order valence-electron chi connectivity index (χ3n) is 5.88. The summed E-state index contributed by atoms with van der Waals surface area (Å²) in [6.07, 6.45) is 5.46. The van der Waals surface area contributed by atoms with Crippen LogP contribution in [0, 0.1) is 5.82 Å². The first-order valence-electron chi connectivity index (χ1n) is 9.83. The van der Waals surface area contributed by atoms with Crippen LogP contribution in [0.25, 0.3) is 5.57 Å². The molecule has 4 heterocycles. The minimum Gasteiger partial charge on any atom is -0.472 e. The van der Waals surface area contributed by atoms with Crippen molar-refractivity contribution in [2.45, 2.75) is 38.5 Å². The Hall–Kier alpha value is -2.44. The Balaban J connectivity index is 1.45. The number of hydrazone groups is 1. The molecule has 2 fully saturated rings. The molecule has 28 heavy (non-hydrogen) atoms. The molecule has 6 heteroatoms. The topological polar surface area (TPSA) is 41.2 Å². The second-order valence-electron chi connectivity index (χ2n) is 7.85. The molecule has 0 spiro atoms. The third kappa shape index (κ3) is 3.27. The summed E-state index contributed by atoms with van der Waals surface area (Å²) >= 11 is 0. The molecule has 3 aliphatic rings. The average molecular weight is 381 g/mol. The van der Waals surface area contributed by atoms with Crippen LogP contribution in [0.1, 0.15) is 30.9 Å². The Bertz CT molecular complexity index is 904. The minimum atomic E-state index is -0.210. The van der Waals surface area contributed by atoms with Crippen molar-refractivity contribution in [3.63, 3.8) is 0 Å². The number of nitrogens with zero attached hydrogens (tertiary/aromatic N) is 3. The summed E-state index contributed by atoms with van der Waals surface area (Å²) < 4.78 is 24.9. The van der Waals surface area contributed by atoms with Crippen LogP contribution in [0.4, 0.5) is 4.39 Å². The Morgan fingerprint density at radius 1 is 1.14 bits per heavy atom. The predicted octanol–water partition coefficient (Wildman–Crippen LogP) is 3.88. The molecule has 0 radical (unpaired) electrons. The molecular weight excluding hydrogens is 357 g/mol. The van der Waals surface area contributed by atoms with Gasteiger partial charge in [0.25, 0.3) is 0 Å². The molecule has 5 nitrogen and oxygen atoms in total. The number of ether oxygens (including phenoxy) is 1. The van der Waals surface area contributed by atoms with E-state index in [1.54, 1.807) is 12.5 Å². The number of allylic oxidation sites excluding steroid dienone is 1. The summed E-state index contributed by atoms with van der Waals surface area (Å²) in [5.74, 6) is -0.210. The summed E-state index contributed by atoms with van der Waals surface area (Å²) in [6.45, 7) is 5.28. The maximum atomic E-state index is 13.4. The lowest BCUT2D eigenvalue weighted by Gasteiger charge is -2.37. The van der Waals surface area contributed by atoms with Crippen molar-refractivity contribution >= 4 is 11.3 Å². The number of hydrogen-bond donors (Lipinski definition) is 0. The zero-order valence-electron chi connectivity index (χ0n) is 16.0. The predicted molar refractivity (Wildman–Crippen MR) is 105 cm³/mol. The first-order chi connectivity index (χ1) is 13.7. The van der Waals surface area contributed by atoms with E-state index in [0.717, 1.165) is 49.4 Å². The van der Waals surface area contributed by atoms with Crippen LogP contribution in [0.5, 0.6) is 0 Å². The Morgan fingerprint density at radius 2 is 2.00 bits per heavy atom. The fraction of sp³-hybridized carbons (Fsp3) is 0.409. The standard InChI is InChI=1S/C22H24FN3O2/c1-15-2-7-19(17-3-5-18(23)6-4-17)21-14-28-22-12-25(10-16-8-9-27-13-16)11-20(22)26(21)24-15/h3-6,8-9,13,20,22H,2,7,10-12,14H2,1H3/t20-,22-/m1/s1. The largest absolute Gasteiger partial charge is 0.472 e. The summed E-state index contributed by atoms with van der Waals surface area (Å²) in [7, 11) is 0. The van der Waals surface area contributed by atoms with Crippen LogP contribution in [-0.4, -0.2) is 47.5 Å². The molecule has 0 unspecified atom stereocenters. The lowest BCUT2D eigenvalue weighted by Crippen LogP contribution is -2.47. The van der Waals surface area contributed by atoms with Crippen molar-refractivity contribution in [3.05, 3.63) is 65.5 Å². The minimum absolute atomic E-state index is 0.139. The number of halogens is 1. The van der Waals surface area contributed by atoms with Gasteiger partial charge >= 0.3 is 0 Å². The Kier molecular flexibility index (Phi) is 4.53. The van der Waals surface area contributed by atoms with Crippen molar-refractivity contribution in [3.8, 4) is 0 Å². The zero-order valence-corrected chi connectivity index (χ0v) is 16.0. The van der Waals surface area contributed by atoms with Gasteiger partial charge in [-0.1, -0.05) is 12.1 Å². The van der Waals surface area contributed by atoms with E-state index >= 15 is 0 Å². The monoisotopic (exact) mass is 381 g/mol. The summed E-state index contributed by atoms with van der Waals surface area (Å²) in [5, 5.41) is 7.16. The SMILES string of the molecule is CC1=NN2C(=C(c3ccc(F)cc3)CC1)CO[C@@H]1CN(Cc3ccoc3)C[C@H]12. The van der Waals surface area contributed by atoms with E-state index in [9.17, 15) is 4.39 Å². The molecule has 2 aromatic rings. The molecule has 0 bridgehead atoms. The number of rotatable bonds is 3. The van der Waals surface area contributed by atoms with Gasteiger partial charge in [0.15, 0.2) is 0 Å². The third-order valence-corrected chi connectivity index (χ3v) is 5.88. The number of fused-ring (bicyclic) bond motifs is 3. The second-order valence-corrected chi connectivity index (χ2v) is 7.85. The van der Waals surface area contributed by atoms with E-state index in [1.165, 1.54) is 23.3 Å². The van der Waals surface area contributed by atoms with Gasteiger partial charge in [-0.3, -0.25) is 9.91 Å². The van der Waals surface area contributed by atoms with Crippen LogP contribution < -0.4 is 0 Å². The summed E-state index contributed by atoms with van der Waals surface area (Å²) in [4.78, 5) is 2.40. The first-order valence-corrected chi connectivity index (χ1v) is 9.83. The molecule has 0 N–H and O–H groups in total. The van der Waals surface area contributed by atoms with Gasteiger partial charge in [-0.2, -0.15) is 5.10 Å². The number of likely N-dealkylation sites (tertiary alicyclic amines) is 1. The van der Waals surface area contributed by atoms with Crippen LogP contribution >= 0.6 is 0 Å². The van der Waals surface area contributed by atoms with E-state index < -0.39 is 0 Å². The molecular formula is C22H24FN3O2. The lowest BCUT2D eigenvalue weighted by atomic mass is 9.97. The van der Waals surface area contributed by atoms with E-state index in [0.29, 0.717) is 6.61 Å². The van der Waals surface area contributed by atoms with Gasteiger partial charge in [0.1, 0.15) is 5.82 Å². The van der Waals surface area contributed by atoms with Gasteiger partial charge in [0.05, 0.1) is 37.0 Å². The van der Waals surface area contributed by atoms with Crippen molar-refractivity contribution in [2.24, 2.45) is 5.10 Å². The molecule has 0 saturated carbocycles. The maximum Gasteiger partial charge on any atom is 0.123 e. The Labute approximate surface area is 164 Å². The van der Waals surface area contributed by atoms with Crippen LogP contribution in [0.2, 0.25) is 0 Å². The van der Waals surface area contributed by atoms with Gasteiger partial charge < -0.3 is 9.15 Å². The quantitative estimate of drug-likeness (QED) is 0.809. The molecule has 2 atom stereocenters. The molecule has 1 aromatic heterocycles. The molecule has 0 amide bonds. The molecule has 2 saturated heterocycles. The van der Waals surface area contributed by atoms with Gasteiger partial charge in [-0.15, -0.1) is 0 Å². The van der Waals surface area contributed by atoms with Crippen molar-refractivity contribution < 1.29 is 13.5 Å². The highest BCUT2D eigenvalue weighted by atomic mass is 19.1. The smallest absolute Gasteiger partial charge is 0.123 e. The maximum absolute atomic E-state index is 13.4. The number of hydrogen-bond acceptors (Lipinski definition) is 5. The molecule has 1 aromatic carbocycles. The highest BCUT2D eigenvalue weighted by Crippen LogP contribution is 2.37. The van der Waals surface area contributed by atoms with Gasteiger partial charge in [-0.05, 0) is 49.1 Å².